The second-order valence-electron chi connectivity index (χ2n) is 33.4. The Morgan fingerprint density at radius 1 is 0.190 bits per heavy atom. The Morgan fingerprint density at radius 3 is 0.603 bits per heavy atom. The fourth-order valence-corrected chi connectivity index (χ4v) is 17.4. The molecular weight excluding hydrogens is 1440 g/mol. The topological polar surface area (TPSA) is 199 Å². The number of aromatic hydroxyl groups is 8. The van der Waals surface area contributed by atoms with E-state index in [0.29, 0.717) is 77.2 Å². The van der Waals surface area contributed by atoms with Crippen LogP contribution in [-0.4, -0.2) is 67.3 Å². The molecule has 8 N–H and O–H groups in total. The molecule has 0 aliphatic heterocycles. The fraction of sp³-hybridized carbons (Fsp3) is 0.538. The lowest BCUT2D eigenvalue weighted by atomic mass is 9.74. The van der Waals surface area contributed by atoms with E-state index >= 15 is 0 Å². The zero-order valence-corrected chi connectivity index (χ0v) is 71.3. The molecule has 0 spiro atoms. The number of phenolic OH excluding ortho intramolecular Hbond substituents is 8. The summed E-state index contributed by atoms with van der Waals surface area (Å²) in [6.07, 6.45) is 53.5. The van der Waals surface area contributed by atoms with Crippen molar-refractivity contribution in [3.05, 3.63) is 212 Å². The zero-order chi connectivity index (χ0) is 81.9. The lowest BCUT2D eigenvalue weighted by molar-refractivity contribution is 0.304. The van der Waals surface area contributed by atoms with Crippen LogP contribution in [-0.2, 0) is 0 Å². The minimum absolute atomic E-state index is 0.254. The molecule has 1 aliphatic carbocycles. The number of rotatable bonds is 56. The van der Waals surface area contributed by atoms with Crippen LogP contribution in [0.5, 0.6) is 69.0 Å². The minimum Gasteiger partial charge on any atom is -0.508 e. The standard InChI is InChI=1S/C104H144O12/c1-5-9-13-17-21-25-29-33-37-41-45-65-113-82-57-49-77(50-58-82)100-86-71-87(94(107)74-93(86)106)101(78-51-59-83(60-52-78)114-66-46-42-38-34-30-26-22-18-14-10-6-2)89-73-91(98(111)76-96(89)109)103(80-55-63-85(64-56-80)116-68-48-44-40-36-32-28-24-20-16-12-8-4)104-92(69-81(105)70-99(104)112)102(90-72-88(100)95(108)75-97(90)110)79-53-61-84(62-54-79)115-67-47-43-39-35-31-27-23-19-15-11-7-3/h49-64,69-76,100-103,105-112H,5-48,65-68H2,1-4H3/t100-,101?,102?,103?/m0/s1. The van der Waals surface area contributed by atoms with Crippen LogP contribution in [0.1, 0.15) is 401 Å². The second-order valence-corrected chi connectivity index (χ2v) is 33.4. The first kappa shape index (κ1) is 91.3. The lowest BCUT2D eigenvalue weighted by Gasteiger charge is -2.30. The highest BCUT2D eigenvalue weighted by atomic mass is 16.5. The van der Waals surface area contributed by atoms with Crippen molar-refractivity contribution in [1.29, 1.82) is 0 Å². The molecule has 0 heterocycles. The molecule has 0 radical (unpaired) electrons. The predicted molar refractivity (Wildman–Crippen MR) is 476 cm³/mol. The summed E-state index contributed by atoms with van der Waals surface area (Å²) >= 11 is 0. The third kappa shape index (κ3) is 28.9. The van der Waals surface area contributed by atoms with E-state index in [1.807, 2.05) is 97.1 Å². The van der Waals surface area contributed by atoms with Crippen molar-refractivity contribution >= 4 is 0 Å². The molecule has 4 atom stereocenters. The number of phenols is 8. The molecule has 8 aromatic carbocycles. The van der Waals surface area contributed by atoms with Gasteiger partial charge in [0.1, 0.15) is 69.0 Å². The van der Waals surface area contributed by atoms with Gasteiger partial charge in [-0.05, 0) is 126 Å². The van der Waals surface area contributed by atoms with Gasteiger partial charge in [-0.15, -0.1) is 0 Å². The third-order valence-electron chi connectivity index (χ3n) is 24.1. The highest BCUT2D eigenvalue weighted by Gasteiger charge is 2.37. The maximum Gasteiger partial charge on any atom is 0.123 e. The molecule has 12 heteroatoms. The maximum absolute atomic E-state index is 13.1. The van der Waals surface area contributed by atoms with E-state index in [4.69, 9.17) is 18.9 Å². The van der Waals surface area contributed by atoms with Crippen molar-refractivity contribution in [2.24, 2.45) is 0 Å². The summed E-state index contributed by atoms with van der Waals surface area (Å²) in [5.41, 5.74) is 4.68. The lowest BCUT2D eigenvalue weighted by Crippen LogP contribution is -2.14. The van der Waals surface area contributed by atoms with Crippen LogP contribution >= 0.6 is 0 Å². The maximum atomic E-state index is 13.1. The van der Waals surface area contributed by atoms with E-state index in [2.05, 4.69) is 27.7 Å². The van der Waals surface area contributed by atoms with Crippen molar-refractivity contribution < 1.29 is 59.8 Å². The van der Waals surface area contributed by atoms with Crippen LogP contribution in [0.3, 0.4) is 0 Å². The van der Waals surface area contributed by atoms with Gasteiger partial charge in [0.15, 0.2) is 0 Å². The van der Waals surface area contributed by atoms with Gasteiger partial charge in [-0.2, -0.15) is 0 Å². The monoisotopic (exact) mass is 1590 g/mol. The van der Waals surface area contributed by atoms with Gasteiger partial charge in [0.25, 0.3) is 0 Å². The first-order valence-corrected chi connectivity index (χ1v) is 46.0. The summed E-state index contributed by atoms with van der Waals surface area (Å²) in [7, 11) is 0. The van der Waals surface area contributed by atoms with Gasteiger partial charge < -0.3 is 59.8 Å². The number of hydrogen-bond donors (Lipinski definition) is 8. The average Bonchev–Trinajstić information content (AvgIpc) is 1.22. The Morgan fingerprint density at radius 2 is 0.379 bits per heavy atom. The molecule has 0 saturated heterocycles. The third-order valence-corrected chi connectivity index (χ3v) is 24.1. The fourth-order valence-electron chi connectivity index (χ4n) is 17.4. The van der Waals surface area contributed by atoms with Crippen molar-refractivity contribution in [2.45, 2.75) is 334 Å². The first-order valence-electron chi connectivity index (χ1n) is 46.0. The van der Waals surface area contributed by atoms with Gasteiger partial charge in [-0.3, -0.25) is 0 Å². The van der Waals surface area contributed by atoms with Gasteiger partial charge in [0.05, 0.1) is 26.4 Å². The van der Waals surface area contributed by atoms with Crippen LogP contribution in [0.15, 0.2) is 146 Å². The van der Waals surface area contributed by atoms with E-state index in [9.17, 15) is 40.9 Å². The first-order chi connectivity index (χ1) is 56.8. The van der Waals surface area contributed by atoms with E-state index in [0.717, 1.165) is 77.0 Å². The summed E-state index contributed by atoms with van der Waals surface area (Å²) in [4.78, 5) is 0. The summed E-state index contributed by atoms with van der Waals surface area (Å²) in [5, 5.41) is 102. The molecule has 632 valence electrons. The molecule has 1 aliphatic rings. The molecule has 116 heavy (non-hydrogen) atoms. The Labute approximate surface area is 697 Å². The van der Waals surface area contributed by atoms with Crippen molar-refractivity contribution in [3.8, 4) is 69.0 Å². The van der Waals surface area contributed by atoms with Gasteiger partial charge in [0.2, 0.25) is 0 Å². The van der Waals surface area contributed by atoms with Crippen molar-refractivity contribution in [1.82, 2.24) is 0 Å². The summed E-state index contributed by atoms with van der Waals surface area (Å²) in [5.74, 6) is -4.04. The Hall–Kier alpha value is -8.64. The van der Waals surface area contributed by atoms with E-state index < -0.39 is 23.7 Å². The molecular formula is C104H144O12. The number of ether oxygens (including phenoxy) is 4. The van der Waals surface area contributed by atoms with Gasteiger partial charge in [-0.1, -0.05) is 333 Å². The Balaban J connectivity index is 1.14. The van der Waals surface area contributed by atoms with Crippen LogP contribution < -0.4 is 18.9 Å². The van der Waals surface area contributed by atoms with Crippen LogP contribution in [0, 0.1) is 0 Å². The SMILES string of the molecule is CCCCCCCCCCCCCOc1ccc(C2c3cc(c(O)cc3O)C(c3ccc(OCCCCCCCCCCCCC)cc3)c3c(O)cc(O)cc3C(c3ccc(OCCCCCCCCCCCCC)cc3)c3cc(c(O)cc3O)[C@@H](c3ccc(OCCCCCCCCCCCCC)cc3)c3cc2c(O)cc3O)cc1. The van der Waals surface area contributed by atoms with Gasteiger partial charge in [-0.25, -0.2) is 0 Å². The van der Waals surface area contributed by atoms with Gasteiger partial charge >= 0.3 is 0 Å². The normalized spacial score (nSPS) is 14.6. The van der Waals surface area contributed by atoms with Crippen LogP contribution in [0.2, 0.25) is 0 Å². The molecule has 0 fully saturated rings. The summed E-state index contributed by atoms with van der Waals surface area (Å²) < 4.78 is 25.8. The minimum atomic E-state index is -1.09. The van der Waals surface area contributed by atoms with E-state index in [-0.39, 0.29) is 84.9 Å². The molecule has 0 saturated carbocycles. The Kier molecular flexibility index (Phi) is 40.5. The smallest absolute Gasteiger partial charge is 0.123 e. The zero-order valence-electron chi connectivity index (χ0n) is 71.3. The molecule has 6 bridgehead atoms. The molecule has 0 aromatic heterocycles. The molecule has 8 aromatic rings. The van der Waals surface area contributed by atoms with Crippen LogP contribution in [0.25, 0.3) is 0 Å². The van der Waals surface area contributed by atoms with Crippen LogP contribution in [0.4, 0.5) is 0 Å². The number of hydrogen-bond acceptors (Lipinski definition) is 12. The average molecular weight is 1590 g/mol. The highest BCUT2D eigenvalue weighted by Crippen LogP contribution is 2.55. The van der Waals surface area contributed by atoms with E-state index in [1.165, 1.54) is 230 Å². The quantitative estimate of drug-likeness (QED) is 0.0168. The van der Waals surface area contributed by atoms with Crippen molar-refractivity contribution in [2.75, 3.05) is 26.4 Å². The number of benzene rings is 8. The summed E-state index contributed by atoms with van der Waals surface area (Å²) in [6, 6.07) is 42.4. The number of unbranched alkanes of at least 4 members (excludes halogenated alkanes) is 40. The highest BCUT2D eigenvalue weighted by molar-refractivity contribution is 5.68. The molecule has 0 amide bonds. The number of fused-ring (bicyclic) bond motifs is 7. The Bertz CT molecular complexity index is 4050. The largest absolute Gasteiger partial charge is 0.508 e. The summed E-state index contributed by atoms with van der Waals surface area (Å²) in [6.45, 7) is 11.1. The second kappa shape index (κ2) is 51.5. The molecule has 12 nitrogen and oxygen atoms in total. The van der Waals surface area contributed by atoms with E-state index in [1.54, 1.807) is 24.3 Å². The molecule has 9 rings (SSSR count). The predicted octanol–water partition coefficient (Wildman–Crippen LogP) is 29.1. The van der Waals surface area contributed by atoms with Gasteiger partial charge in [0, 0.05) is 86.9 Å². The van der Waals surface area contributed by atoms with Crippen molar-refractivity contribution in [3.63, 3.8) is 0 Å². The molecule has 3 unspecified atom stereocenters.